The van der Waals surface area contributed by atoms with Crippen LogP contribution in [-0.2, 0) is 9.16 Å². The Morgan fingerprint density at radius 1 is 1.04 bits per heavy atom. The molecule has 1 aliphatic carbocycles. The van der Waals surface area contributed by atoms with E-state index in [0.717, 1.165) is 12.8 Å². The maximum atomic E-state index is 6.69. The summed E-state index contributed by atoms with van der Waals surface area (Å²) in [5, 5.41) is 0.203. The molecule has 1 rings (SSSR count). The fourth-order valence-electron chi connectivity index (χ4n) is 2.12. The van der Waals surface area contributed by atoms with E-state index in [9.17, 15) is 0 Å². The van der Waals surface area contributed by atoms with E-state index in [1.165, 1.54) is 4.48 Å². The van der Waals surface area contributed by atoms with Crippen LogP contribution in [0, 0.1) is 5.41 Å². The first-order valence-corrected chi connectivity index (χ1v) is 12.5. The average molecular weight is 405 g/mol. The van der Waals surface area contributed by atoms with Crippen molar-refractivity contribution in [1.29, 1.82) is 0 Å². The van der Waals surface area contributed by atoms with Gasteiger partial charge >= 0.3 is 0 Å². The van der Waals surface area contributed by atoms with Gasteiger partial charge in [0.1, 0.15) is 0 Å². The highest BCUT2D eigenvalue weighted by Crippen LogP contribution is 2.41. The van der Waals surface area contributed by atoms with E-state index < -0.39 is 8.32 Å². The van der Waals surface area contributed by atoms with E-state index in [2.05, 4.69) is 90.5 Å². The Balaban J connectivity index is 2.99. The Kier molecular flexibility index (Phi) is 6.45. The molecular formula is C19H37BrO2Si. The molecule has 2 atom stereocenters. The summed E-state index contributed by atoms with van der Waals surface area (Å²) in [5.41, 5.74) is -0.0999. The third-order valence-corrected chi connectivity index (χ3v) is 11.0. The second-order valence-electron chi connectivity index (χ2n) is 9.91. The van der Waals surface area contributed by atoms with E-state index in [0.29, 0.717) is 0 Å². The van der Waals surface area contributed by atoms with Crippen LogP contribution in [-0.4, -0.2) is 26.1 Å². The molecule has 2 nitrogen and oxygen atoms in total. The number of allylic oxidation sites excluding steroid dienone is 1. The standard InChI is InChI=1S/C19H37BrO2Si/c1-17(2,3)19(7,8)21-15-12-11-14(20)13-16(15)22-23(9,10)18(4,5)6/h13,15-16H,11-12H2,1-10H3/t15-,16-/m1/s1. The summed E-state index contributed by atoms with van der Waals surface area (Å²) in [7, 11) is -1.83. The van der Waals surface area contributed by atoms with Gasteiger partial charge in [-0.2, -0.15) is 0 Å². The molecule has 0 bridgehead atoms. The van der Waals surface area contributed by atoms with Crippen molar-refractivity contribution < 1.29 is 9.16 Å². The Labute approximate surface area is 153 Å². The summed E-state index contributed by atoms with van der Waals surface area (Å²) in [5.74, 6) is 0. The third kappa shape index (κ3) is 5.42. The second kappa shape index (κ2) is 6.93. The van der Waals surface area contributed by atoms with Crippen LogP contribution in [0.25, 0.3) is 0 Å². The number of hydrogen-bond donors (Lipinski definition) is 0. The third-order valence-electron chi connectivity index (χ3n) is 5.87. The van der Waals surface area contributed by atoms with Crippen LogP contribution in [0.2, 0.25) is 18.1 Å². The van der Waals surface area contributed by atoms with Crippen LogP contribution in [0.4, 0.5) is 0 Å². The van der Waals surface area contributed by atoms with Crippen molar-refractivity contribution in [2.24, 2.45) is 5.41 Å². The fraction of sp³-hybridized carbons (Fsp3) is 0.895. The van der Waals surface area contributed by atoms with Crippen molar-refractivity contribution in [3.8, 4) is 0 Å². The lowest BCUT2D eigenvalue weighted by atomic mass is 9.78. The van der Waals surface area contributed by atoms with E-state index in [1.54, 1.807) is 0 Å². The number of rotatable bonds is 4. The van der Waals surface area contributed by atoms with Gasteiger partial charge in [0.2, 0.25) is 0 Å². The number of hydrogen-bond acceptors (Lipinski definition) is 2. The zero-order valence-corrected chi connectivity index (χ0v) is 19.4. The van der Waals surface area contributed by atoms with Crippen LogP contribution in [0.5, 0.6) is 0 Å². The Bertz CT molecular complexity index is 441. The highest BCUT2D eigenvalue weighted by molar-refractivity contribution is 9.11. The van der Waals surface area contributed by atoms with E-state index >= 15 is 0 Å². The highest BCUT2D eigenvalue weighted by Gasteiger charge is 2.43. The fourth-order valence-corrected chi connectivity index (χ4v) is 3.86. The Morgan fingerprint density at radius 2 is 1.57 bits per heavy atom. The lowest BCUT2D eigenvalue weighted by molar-refractivity contribution is -0.155. The highest BCUT2D eigenvalue weighted by atomic mass is 79.9. The molecule has 136 valence electrons. The molecule has 0 spiro atoms. The molecular weight excluding hydrogens is 368 g/mol. The van der Waals surface area contributed by atoms with Crippen LogP contribution in [0.1, 0.15) is 68.2 Å². The first-order chi connectivity index (χ1) is 10.1. The van der Waals surface area contributed by atoms with Gasteiger partial charge in [0.05, 0.1) is 17.8 Å². The second-order valence-corrected chi connectivity index (χ2v) is 15.7. The quantitative estimate of drug-likeness (QED) is 0.487. The molecule has 0 radical (unpaired) electrons. The van der Waals surface area contributed by atoms with Crippen molar-refractivity contribution in [2.45, 2.75) is 104 Å². The molecule has 1 aliphatic rings. The minimum atomic E-state index is -1.83. The lowest BCUT2D eigenvalue weighted by Gasteiger charge is -2.46. The van der Waals surface area contributed by atoms with Crippen LogP contribution in [0.3, 0.4) is 0 Å². The van der Waals surface area contributed by atoms with E-state index in [1.807, 2.05) is 0 Å². The van der Waals surface area contributed by atoms with Gasteiger partial charge in [-0.05, 0) is 60.8 Å². The molecule has 0 fully saturated rings. The molecule has 0 aromatic heterocycles. The maximum absolute atomic E-state index is 6.69. The van der Waals surface area contributed by atoms with Gasteiger partial charge in [-0.15, -0.1) is 0 Å². The molecule has 0 aromatic rings. The Morgan fingerprint density at radius 3 is 2.00 bits per heavy atom. The molecule has 0 unspecified atom stereocenters. The minimum absolute atomic E-state index is 0.0423. The van der Waals surface area contributed by atoms with Crippen LogP contribution >= 0.6 is 15.9 Å². The van der Waals surface area contributed by atoms with E-state index in [4.69, 9.17) is 9.16 Å². The summed E-state index contributed by atoms with van der Waals surface area (Å²) in [4.78, 5) is 0. The van der Waals surface area contributed by atoms with Gasteiger partial charge < -0.3 is 9.16 Å². The van der Waals surface area contributed by atoms with Crippen molar-refractivity contribution in [1.82, 2.24) is 0 Å². The first-order valence-electron chi connectivity index (χ1n) is 8.79. The molecule has 0 amide bonds. The minimum Gasteiger partial charge on any atom is -0.408 e. The van der Waals surface area contributed by atoms with Crippen LogP contribution in [0.15, 0.2) is 10.6 Å². The first kappa shape index (κ1) is 21.4. The van der Waals surface area contributed by atoms with Crippen molar-refractivity contribution >= 4 is 24.2 Å². The predicted octanol–water partition coefficient (Wildman–Crippen LogP) is 6.66. The summed E-state index contributed by atoms with van der Waals surface area (Å²) in [6.45, 7) is 22.6. The molecule has 0 N–H and O–H groups in total. The summed E-state index contributed by atoms with van der Waals surface area (Å²) in [6, 6.07) is 0. The zero-order valence-electron chi connectivity index (χ0n) is 16.8. The lowest BCUT2D eigenvalue weighted by Crippen LogP contribution is -2.51. The van der Waals surface area contributed by atoms with Gasteiger partial charge in [0.25, 0.3) is 0 Å². The summed E-state index contributed by atoms with van der Waals surface area (Å²) in [6.07, 6.45) is 4.44. The molecule has 0 aliphatic heterocycles. The number of halogens is 1. The summed E-state index contributed by atoms with van der Waals surface area (Å²) < 4.78 is 14.5. The van der Waals surface area contributed by atoms with Gasteiger partial charge in [-0.25, -0.2) is 0 Å². The molecule has 0 aromatic carbocycles. The maximum Gasteiger partial charge on any atom is 0.193 e. The van der Waals surface area contributed by atoms with Crippen molar-refractivity contribution in [3.63, 3.8) is 0 Å². The molecule has 23 heavy (non-hydrogen) atoms. The van der Waals surface area contributed by atoms with Gasteiger partial charge in [-0.1, -0.05) is 57.5 Å². The Hall–Kier alpha value is 0.357. The topological polar surface area (TPSA) is 18.5 Å². The van der Waals surface area contributed by atoms with Crippen LogP contribution < -0.4 is 0 Å². The molecule has 0 saturated carbocycles. The van der Waals surface area contributed by atoms with Crippen molar-refractivity contribution in [3.05, 3.63) is 10.6 Å². The molecule has 4 heteroatoms. The van der Waals surface area contributed by atoms with E-state index in [-0.39, 0.29) is 28.3 Å². The number of ether oxygens (including phenoxy) is 1. The molecule has 0 heterocycles. The SMILES string of the molecule is CC(C)(C)C(C)(C)O[C@@H]1CCC(Br)=C[C@H]1O[Si](C)(C)C(C)(C)C. The average Bonchev–Trinajstić information content (AvgIpc) is 2.29. The largest absolute Gasteiger partial charge is 0.408 e. The molecule has 0 saturated heterocycles. The normalized spacial score (nSPS) is 24.6. The predicted molar refractivity (Wildman–Crippen MR) is 107 cm³/mol. The van der Waals surface area contributed by atoms with Gasteiger partial charge in [-0.3, -0.25) is 0 Å². The van der Waals surface area contributed by atoms with Crippen molar-refractivity contribution in [2.75, 3.05) is 0 Å². The monoisotopic (exact) mass is 404 g/mol. The smallest absolute Gasteiger partial charge is 0.193 e. The zero-order chi connectivity index (χ0) is 18.3. The van der Waals surface area contributed by atoms with Gasteiger partial charge in [0.15, 0.2) is 8.32 Å². The summed E-state index contributed by atoms with van der Waals surface area (Å²) >= 11 is 3.67. The van der Waals surface area contributed by atoms with Gasteiger partial charge in [0, 0.05) is 0 Å².